The van der Waals surface area contributed by atoms with Crippen molar-refractivity contribution in [1.82, 2.24) is 9.55 Å². The molecular weight excluding hydrogens is 332 g/mol. The zero-order chi connectivity index (χ0) is 16.6. The zero-order valence-electron chi connectivity index (χ0n) is 12.5. The predicted molar refractivity (Wildman–Crippen MR) is 93.4 cm³/mol. The standard InChI is InChI=1S/C16H14N2O3S2/c1-9(15(20)21)18-14(19)11-8-12(10-6-4-3-5-7-10)23-13(11)17-16(18)22-2/h3-9H,1-2H3,(H,20,21). The average molecular weight is 346 g/mol. The maximum absolute atomic E-state index is 12.8. The van der Waals surface area contributed by atoms with Gasteiger partial charge in [-0.2, -0.15) is 0 Å². The lowest BCUT2D eigenvalue weighted by molar-refractivity contribution is -0.140. The van der Waals surface area contributed by atoms with Crippen LogP contribution in [0.3, 0.4) is 0 Å². The molecule has 2 aromatic heterocycles. The number of fused-ring (bicyclic) bond motifs is 1. The quantitative estimate of drug-likeness (QED) is 0.578. The first-order valence-corrected chi connectivity index (χ1v) is 8.95. The molecule has 0 saturated carbocycles. The molecule has 0 saturated heterocycles. The van der Waals surface area contributed by atoms with E-state index in [1.54, 1.807) is 12.3 Å². The van der Waals surface area contributed by atoms with E-state index in [0.29, 0.717) is 15.4 Å². The molecule has 0 fully saturated rings. The molecule has 3 aromatic rings. The van der Waals surface area contributed by atoms with E-state index >= 15 is 0 Å². The Kier molecular flexibility index (Phi) is 4.23. The topological polar surface area (TPSA) is 72.2 Å². The summed E-state index contributed by atoms with van der Waals surface area (Å²) >= 11 is 2.71. The number of carboxylic acid groups (broad SMARTS) is 1. The second-order valence-electron chi connectivity index (χ2n) is 4.98. The highest BCUT2D eigenvalue weighted by Gasteiger charge is 2.22. The number of carbonyl (C=O) groups is 1. The summed E-state index contributed by atoms with van der Waals surface area (Å²) in [7, 11) is 0. The predicted octanol–water partition coefficient (Wildman–Crippen LogP) is 3.49. The van der Waals surface area contributed by atoms with E-state index in [1.165, 1.54) is 34.6 Å². The van der Waals surface area contributed by atoms with Crippen molar-refractivity contribution < 1.29 is 9.90 Å². The Hall–Kier alpha value is -2.12. The maximum Gasteiger partial charge on any atom is 0.326 e. The van der Waals surface area contributed by atoms with E-state index in [9.17, 15) is 14.7 Å². The monoisotopic (exact) mass is 346 g/mol. The van der Waals surface area contributed by atoms with Crippen molar-refractivity contribution in [1.29, 1.82) is 0 Å². The number of thioether (sulfide) groups is 1. The number of nitrogens with zero attached hydrogens (tertiary/aromatic N) is 2. The first kappa shape index (κ1) is 15.8. The summed E-state index contributed by atoms with van der Waals surface area (Å²) in [6.07, 6.45) is 1.78. The van der Waals surface area contributed by atoms with Crippen LogP contribution < -0.4 is 5.56 Å². The Balaban J connectivity index is 2.26. The number of benzene rings is 1. The van der Waals surface area contributed by atoms with Crippen molar-refractivity contribution in [3.63, 3.8) is 0 Å². The molecule has 0 aliphatic heterocycles. The number of hydrogen-bond donors (Lipinski definition) is 1. The third-order valence-electron chi connectivity index (χ3n) is 3.55. The summed E-state index contributed by atoms with van der Waals surface area (Å²) in [5.41, 5.74) is 0.700. The normalized spacial score (nSPS) is 12.4. The Morgan fingerprint density at radius 2 is 2.04 bits per heavy atom. The SMILES string of the molecule is CSc1nc2sc(-c3ccccc3)cc2c(=O)n1C(C)C(=O)O. The van der Waals surface area contributed by atoms with Crippen molar-refractivity contribution in [2.75, 3.05) is 6.26 Å². The summed E-state index contributed by atoms with van der Waals surface area (Å²) < 4.78 is 1.25. The van der Waals surface area contributed by atoms with Crippen LogP contribution in [0, 0.1) is 0 Å². The van der Waals surface area contributed by atoms with E-state index in [-0.39, 0.29) is 5.56 Å². The number of rotatable bonds is 4. The molecule has 2 heterocycles. The molecule has 1 atom stereocenters. The van der Waals surface area contributed by atoms with Crippen molar-refractivity contribution in [2.24, 2.45) is 0 Å². The van der Waals surface area contributed by atoms with Crippen LogP contribution in [-0.4, -0.2) is 26.9 Å². The molecule has 1 aromatic carbocycles. The van der Waals surface area contributed by atoms with Crippen LogP contribution in [0.15, 0.2) is 46.3 Å². The van der Waals surface area contributed by atoms with Crippen LogP contribution >= 0.6 is 23.1 Å². The molecule has 0 bridgehead atoms. The number of thiophene rings is 1. The fraction of sp³-hybridized carbons (Fsp3) is 0.188. The molecule has 0 spiro atoms. The van der Waals surface area contributed by atoms with Crippen LogP contribution in [0.25, 0.3) is 20.7 Å². The highest BCUT2D eigenvalue weighted by Crippen LogP contribution is 2.32. The van der Waals surface area contributed by atoms with Gasteiger partial charge in [0.2, 0.25) is 0 Å². The van der Waals surface area contributed by atoms with Gasteiger partial charge in [0.1, 0.15) is 10.9 Å². The molecule has 0 radical (unpaired) electrons. The molecule has 5 nitrogen and oxygen atoms in total. The number of aliphatic carboxylic acids is 1. The largest absolute Gasteiger partial charge is 0.480 e. The smallest absolute Gasteiger partial charge is 0.326 e. The summed E-state index contributed by atoms with van der Waals surface area (Å²) in [5.74, 6) is -1.05. The van der Waals surface area contributed by atoms with Gasteiger partial charge in [-0.25, -0.2) is 9.78 Å². The van der Waals surface area contributed by atoms with Gasteiger partial charge in [0.25, 0.3) is 5.56 Å². The van der Waals surface area contributed by atoms with Gasteiger partial charge >= 0.3 is 5.97 Å². The minimum atomic E-state index is -1.05. The lowest BCUT2D eigenvalue weighted by Gasteiger charge is -2.13. The molecule has 0 aliphatic carbocycles. The first-order chi connectivity index (χ1) is 11.0. The van der Waals surface area contributed by atoms with Crippen LogP contribution in [-0.2, 0) is 4.79 Å². The van der Waals surface area contributed by atoms with E-state index in [0.717, 1.165) is 10.4 Å². The Morgan fingerprint density at radius 1 is 1.35 bits per heavy atom. The fourth-order valence-corrected chi connectivity index (χ4v) is 4.02. The Morgan fingerprint density at radius 3 is 2.65 bits per heavy atom. The third kappa shape index (κ3) is 2.77. The summed E-state index contributed by atoms with van der Waals surface area (Å²) in [6, 6.07) is 10.6. The van der Waals surface area contributed by atoms with Crippen molar-refractivity contribution >= 4 is 39.3 Å². The van der Waals surface area contributed by atoms with E-state index in [2.05, 4.69) is 4.98 Å². The van der Waals surface area contributed by atoms with Crippen molar-refractivity contribution in [2.45, 2.75) is 18.1 Å². The second-order valence-corrected chi connectivity index (χ2v) is 6.79. The molecule has 23 heavy (non-hydrogen) atoms. The minimum Gasteiger partial charge on any atom is -0.480 e. The maximum atomic E-state index is 12.8. The zero-order valence-corrected chi connectivity index (χ0v) is 14.1. The van der Waals surface area contributed by atoms with Crippen LogP contribution in [0.5, 0.6) is 0 Å². The molecule has 118 valence electrons. The van der Waals surface area contributed by atoms with Gasteiger partial charge in [0.15, 0.2) is 5.16 Å². The van der Waals surface area contributed by atoms with Gasteiger partial charge in [0, 0.05) is 4.88 Å². The number of aromatic nitrogens is 2. The van der Waals surface area contributed by atoms with Gasteiger partial charge < -0.3 is 5.11 Å². The summed E-state index contributed by atoms with van der Waals surface area (Å²) in [6.45, 7) is 1.49. The van der Waals surface area contributed by atoms with Gasteiger partial charge in [-0.15, -0.1) is 11.3 Å². The van der Waals surface area contributed by atoms with Crippen molar-refractivity contribution in [3.8, 4) is 10.4 Å². The molecule has 7 heteroatoms. The van der Waals surface area contributed by atoms with Crippen LogP contribution in [0.4, 0.5) is 0 Å². The molecule has 1 N–H and O–H groups in total. The lowest BCUT2D eigenvalue weighted by atomic mass is 10.2. The van der Waals surface area contributed by atoms with Crippen LogP contribution in [0.2, 0.25) is 0 Å². The van der Waals surface area contributed by atoms with E-state index in [4.69, 9.17) is 0 Å². The fourth-order valence-electron chi connectivity index (χ4n) is 2.32. The highest BCUT2D eigenvalue weighted by molar-refractivity contribution is 7.98. The van der Waals surface area contributed by atoms with Gasteiger partial charge in [0.05, 0.1) is 5.39 Å². The van der Waals surface area contributed by atoms with Gasteiger partial charge in [-0.3, -0.25) is 9.36 Å². The average Bonchev–Trinajstić information content (AvgIpc) is 2.99. The van der Waals surface area contributed by atoms with E-state index in [1.807, 2.05) is 30.3 Å². The minimum absolute atomic E-state index is 0.312. The molecule has 0 amide bonds. The van der Waals surface area contributed by atoms with Gasteiger partial charge in [-0.05, 0) is 24.8 Å². The van der Waals surface area contributed by atoms with Crippen molar-refractivity contribution in [3.05, 3.63) is 46.8 Å². The highest BCUT2D eigenvalue weighted by atomic mass is 32.2. The molecule has 3 rings (SSSR count). The van der Waals surface area contributed by atoms with E-state index < -0.39 is 12.0 Å². The number of carboxylic acids is 1. The molecule has 1 unspecified atom stereocenters. The second kappa shape index (κ2) is 6.17. The summed E-state index contributed by atoms with van der Waals surface area (Å²) in [5, 5.41) is 10.1. The molecule has 0 aliphatic rings. The summed E-state index contributed by atoms with van der Waals surface area (Å²) in [4.78, 5) is 30.1. The first-order valence-electron chi connectivity index (χ1n) is 6.91. The molecular formula is C16H14N2O3S2. The lowest BCUT2D eigenvalue weighted by Crippen LogP contribution is -2.29. The Labute approximate surface area is 140 Å². The third-order valence-corrected chi connectivity index (χ3v) is 5.28. The van der Waals surface area contributed by atoms with Gasteiger partial charge in [-0.1, -0.05) is 42.1 Å². The van der Waals surface area contributed by atoms with Crippen LogP contribution in [0.1, 0.15) is 13.0 Å². The number of hydrogen-bond acceptors (Lipinski definition) is 5. The Bertz CT molecular complexity index is 932.